The van der Waals surface area contributed by atoms with Gasteiger partial charge in [-0.2, -0.15) is 0 Å². The molecule has 1 amide bonds. The van der Waals surface area contributed by atoms with Gasteiger partial charge in [-0.1, -0.05) is 6.07 Å². The zero-order chi connectivity index (χ0) is 21.2. The fourth-order valence-corrected chi connectivity index (χ4v) is 4.81. The van der Waals surface area contributed by atoms with Crippen LogP contribution in [0.5, 0.6) is 11.5 Å². The lowest BCUT2D eigenvalue weighted by Crippen LogP contribution is -2.28. The predicted octanol–water partition coefficient (Wildman–Crippen LogP) is 3.18. The lowest BCUT2D eigenvalue weighted by Gasteiger charge is -2.20. The zero-order valence-electron chi connectivity index (χ0n) is 17.1. The van der Waals surface area contributed by atoms with Gasteiger partial charge in [-0.15, -0.1) is 0 Å². The van der Waals surface area contributed by atoms with Crippen LogP contribution in [0.25, 0.3) is 0 Å². The number of hydrogen-bond acceptors (Lipinski definition) is 5. The molecule has 1 aliphatic heterocycles. The van der Waals surface area contributed by atoms with Crippen LogP contribution in [0.4, 0.5) is 5.69 Å². The summed E-state index contributed by atoms with van der Waals surface area (Å²) in [6, 6.07) is 9.66. The van der Waals surface area contributed by atoms with Crippen molar-refractivity contribution < 1.29 is 22.7 Å². The zero-order valence-corrected chi connectivity index (χ0v) is 17.9. The number of carbonyl (C=O) groups is 1. The number of aryl methyl sites for hydroxylation is 1. The van der Waals surface area contributed by atoms with Gasteiger partial charge < -0.3 is 14.4 Å². The molecule has 0 radical (unpaired) electrons. The molecule has 1 fully saturated rings. The Kier molecular flexibility index (Phi) is 6.14. The van der Waals surface area contributed by atoms with E-state index in [0.29, 0.717) is 24.5 Å². The number of rotatable bonds is 7. The third-order valence-corrected chi connectivity index (χ3v) is 6.62. The Morgan fingerprint density at radius 3 is 2.38 bits per heavy atom. The van der Waals surface area contributed by atoms with Gasteiger partial charge in [0.1, 0.15) is 0 Å². The van der Waals surface area contributed by atoms with Gasteiger partial charge in [0.25, 0.3) is 0 Å². The molecule has 2 aromatic carbocycles. The van der Waals surface area contributed by atoms with E-state index in [-0.39, 0.29) is 10.8 Å². The number of sulfonamides is 1. The summed E-state index contributed by atoms with van der Waals surface area (Å²) in [4.78, 5) is 13.9. The lowest BCUT2D eigenvalue weighted by molar-refractivity contribution is -0.117. The molecule has 1 atom stereocenters. The Labute approximate surface area is 171 Å². The van der Waals surface area contributed by atoms with Gasteiger partial charge >= 0.3 is 0 Å². The SMILES string of the molecule is COc1ccc([C@H](C)NS(=O)(=O)c2ccc(N3CCCC3=O)c(C)c2)cc1OC. The summed E-state index contributed by atoms with van der Waals surface area (Å²) in [7, 11) is -0.664. The van der Waals surface area contributed by atoms with Gasteiger partial charge in [-0.25, -0.2) is 13.1 Å². The number of carbonyl (C=O) groups excluding carboxylic acids is 1. The Balaban J connectivity index is 1.82. The number of benzene rings is 2. The van der Waals surface area contributed by atoms with Crippen molar-refractivity contribution in [2.75, 3.05) is 25.7 Å². The highest BCUT2D eigenvalue weighted by molar-refractivity contribution is 7.89. The van der Waals surface area contributed by atoms with Crippen LogP contribution in [-0.4, -0.2) is 35.1 Å². The minimum absolute atomic E-state index is 0.0731. The summed E-state index contributed by atoms with van der Waals surface area (Å²) in [5.41, 5.74) is 2.27. The van der Waals surface area contributed by atoms with Gasteiger partial charge in [-0.3, -0.25) is 4.79 Å². The van der Waals surface area contributed by atoms with Crippen LogP contribution in [0.3, 0.4) is 0 Å². The molecule has 1 saturated heterocycles. The second kappa shape index (κ2) is 8.42. The first kappa shape index (κ1) is 21.1. The van der Waals surface area contributed by atoms with Gasteiger partial charge in [0.15, 0.2) is 11.5 Å². The molecule has 0 unspecified atom stereocenters. The normalized spacial score (nSPS) is 15.4. The molecule has 1 aliphatic rings. The van der Waals surface area contributed by atoms with Crippen LogP contribution in [0.1, 0.15) is 36.9 Å². The van der Waals surface area contributed by atoms with E-state index in [2.05, 4.69) is 4.72 Å². The molecule has 0 saturated carbocycles. The molecule has 1 heterocycles. The Morgan fingerprint density at radius 2 is 1.79 bits per heavy atom. The van der Waals surface area contributed by atoms with Crippen molar-refractivity contribution >= 4 is 21.6 Å². The quantitative estimate of drug-likeness (QED) is 0.747. The van der Waals surface area contributed by atoms with E-state index in [1.807, 2.05) is 6.92 Å². The summed E-state index contributed by atoms with van der Waals surface area (Å²) in [6.45, 7) is 4.25. The first-order valence-electron chi connectivity index (χ1n) is 9.42. The van der Waals surface area contributed by atoms with Crippen molar-refractivity contribution in [2.24, 2.45) is 0 Å². The van der Waals surface area contributed by atoms with Gasteiger partial charge in [-0.05, 0) is 61.7 Å². The van der Waals surface area contributed by atoms with Gasteiger partial charge in [0, 0.05) is 24.7 Å². The van der Waals surface area contributed by atoms with Crippen molar-refractivity contribution in [3.8, 4) is 11.5 Å². The molecule has 1 N–H and O–H groups in total. The van der Waals surface area contributed by atoms with E-state index in [0.717, 1.165) is 23.2 Å². The summed E-state index contributed by atoms with van der Waals surface area (Å²) < 4.78 is 39.0. The first-order chi connectivity index (χ1) is 13.8. The van der Waals surface area contributed by atoms with E-state index in [1.165, 1.54) is 13.2 Å². The molecule has 29 heavy (non-hydrogen) atoms. The second-order valence-corrected chi connectivity index (χ2v) is 8.77. The van der Waals surface area contributed by atoms with E-state index in [9.17, 15) is 13.2 Å². The van der Waals surface area contributed by atoms with Crippen molar-refractivity contribution in [3.05, 3.63) is 47.5 Å². The van der Waals surface area contributed by atoms with E-state index in [4.69, 9.17) is 9.47 Å². The average Bonchev–Trinajstić information content (AvgIpc) is 3.12. The average molecular weight is 419 g/mol. The highest BCUT2D eigenvalue weighted by Crippen LogP contribution is 2.31. The van der Waals surface area contributed by atoms with Crippen LogP contribution in [-0.2, 0) is 14.8 Å². The minimum Gasteiger partial charge on any atom is -0.493 e. The fourth-order valence-electron chi connectivity index (χ4n) is 3.49. The van der Waals surface area contributed by atoms with E-state index < -0.39 is 16.1 Å². The third-order valence-electron chi connectivity index (χ3n) is 5.08. The molecule has 156 valence electrons. The highest BCUT2D eigenvalue weighted by Gasteiger charge is 2.25. The molecule has 2 aromatic rings. The Hall–Kier alpha value is -2.58. The maximum absolute atomic E-state index is 12.9. The lowest BCUT2D eigenvalue weighted by atomic mass is 10.1. The molecular formula is C21H26N2O5S. The summed E-state index contributed by atoms with van der Waals surface area (Å²) in [5.74, 6) is 1.18. The number of hydrogen-bond donors (Lipinski definition) is 1. The molecule has 8 heteroatoms. The number of nitrogens with one attached hydrogen (secondary N) is 1. The summed E-state index contributed by atoms with van der Waals surface area (Å²) in [6.07, 6.45) is 1.35. The van der Waals surface area contributed by atoms with E-state index >= 15 is 0 Å². The third kappa shape index (κ3) is 4.38. The van der Waals surface area contributed by atoms with Crippen molar-refractivity contribution in [1.82, 2.24) is 4.72 Å². The Bertz CT molecular complexity index is 1020. The molecular weight excluding hydrogens is 392 g/mol. The van der Waals surface area contributed by atoms with Gasteiger partial charge in [0.2, 0.25) is 15.9 Å². The van der Waals surface area contributed by atoms with Crippen LogP contribution in [0, 0.1) is 6.92 Å². The van der Waals surface area contributed by atoms with Crippen LogP contribution >= 0.6 is 0 Å². The topological polar surface area (TPSA) is 84.9 Å². The first-order valence-corrected chi connectivity index (χ1v) is 10.9. The highest BCUT2D eigenvalue weighted by atomic mass is 32.2. The van der Waals surface area contributed by atoms with Crippen molar-refractivity contribution in [3.63, 3.8) is 0 Å². The standard InChI is InChI=1S/C21H26N2O5S/c1-14-12-17(8-9-18(14)23-11-5-6-21(23)24)29(25,26)22-15(2)16-7-10-19(27-3)20(13-16)28-4/h7-10,12-13,15,22H,5-6,11H2,1-4H3/t15-/m0/s1. The number of anilines is 1. The molecule has 7 nitrogen and oxygen atoms in total. The minimum atomic E-state index is -3.74. The maximum atomic E-state index is 12.9. The number of nitrogens with zero attached hydrogens (tertiary/aromatic N) is 1. The predicted molar refractivity (Wildman–Crippen MR) is 111 cm³/mol. The molecule has 0 spiro atoms. The fraction of sp³-hybridized carbons (Fsp3) is 0.381. The van der Waals surface area contributed by atoms with Crippen molar-refractivity contribution in [1.29, 1.82) is 0 Å². The second-order valence-electron chi connectivity index (χ2n) is 7.05. The smallest absolute Gasteiger partial charge is 0.241 e. The summed E-state index contributed by atoms with van der Waals surface area (Å²) >= 11 is 0. The molecule has 0 bridgehead atoms. The van der Waals surface area contributed by atoms with Crippen LogP contribution in [0.15, 0.2) is 41.3 Å². The Morgan fingerprint density at radius 1 is 1.07 bits per heavy atom. The monoisotopic (exact) mass is 418 g/mol. The van der Waals surface area contributed by atoms with E-state index in [1.54, 1.807) is 49.3 Å². The molecule has 0 aromatic heterocycles. The number of amides is 1. The molecule has 0 aliphatic carbocycles. The molecule has 3 rings (SSSR count). The van der Waals surface area contributed by atoms with Gasteiger partial charge in [0.05, 0.1) is 19.1 Å². The number of ether oxygens (including phenoxy) is 2. The maximum Gasteiger partial charge on any atom is 0.241 e. The largest absolute Gasteiger partial charge is 0.493 e. The van der Waals surface area contributed by atoms with Crippen LogP contribution < -0.4 is 19.1 Å². The van der Waals surface area contributed by atoms with Crippen LogP contribution in [0.2, 0.25) is 0 Å². The van der Waals surface area contributed by atoms with Crippen molar-refractivity contribution in [2.45, 2.75) is 37.6 Å². The summed E-state index contributed by atoms with van der Waals surface area (Å²) in [5, 5.41) is 0. The number of methoxy groups -OCH3 is 2.